The Morgan fingerprint density at radius 2 is 0.872 bits per heavy atom. The van der Waals surface area contributed by atoms with Crippen molar-refractivity contribution in [2.24, 2.45) is 0 Å². The summed E-state index contributed by atoms with van der Waals surface area (Å²) in [7, 11) is -9.31. The van der Waals surface area contributed by atoms with Gasteiger partial charge in [0.15, 0.2) is 11.4 Å². The summed E-state index contributed by atoms with van der Waals surface area (Å²) in [5.41, 5.74) is -4.42. The van der Waals surface area contributed by atoms with E-state index in [1.165, 1.54) is 0 Å². The van der Waals surface area contributed by atoms with E-state index in [-0.39, 0.29) is 0 Å². The minimum Gasteiger partial charge on any atom is -0.478 e. The van der Waals surface area contributed by atoms with Crippen LogP contribution in [0.2, 0.25) is 0 Å². The van der Waals surface area contributed by atoms with Gasteiger partial charge in [-0.3, -0.25) is 0 Å². The number of carboxylic acid groups (broad SMARTS) is 1. The van der Waals surface area contributed by atoms with E-state index in [2.05, 4.69) is 0 Å². The minimum atomic E-state index is -9.47. The highest BCUT2D eigenvalue weighted by molar-refractivity contribution is 7.90. The number of halogens is 25. The number of alkyl halides is 24. The number of nitrogens with zero attached hydrogens (tertiary/aromatic N) is 1. The van der Waals surface area contributed by atoms with Gasteiger partial charge in [0, 0.05) is 6.54 Å². The van der Waals surface area contributed by atoms with E-state index in [4.69, 9.17) is 5.11 Å². The molecule has 280 valence electrons. The summed E-state index contributed by atoms with van der Waals surface area (Å²) in [5, 5.41) is -0.745. The molecule has 0 aliphatic carbocycles. The molecule has 0 aromatic rings. The highest BCUT2D eigenvalue weighted by Gasteiger charge is 2.96. The van der Waals surface area contributed by atoms with Crippen molar-refractivity contribution in [3.05, 3.63) is 11.4 Å². The van der Waals surface area contributed by atoms with Crippen LogP contribution in [0.3, 0.4) is 0 Å². The summed E-state index contributed by atoms with van der Waals surface area (Å²) in [6.07, 6.45) is -15.2. The van der Waals surface area contributed by atoms with Gasteiger partial charge in [-0.05, 0) is 0 Å². The van der Waals surface area contributed by atoms with Crippen molar-refractivity contribution in [1.29, 1.82) is 0 Å². The molecule has 0 rings (SSSR count). The van der Waals surface area contributed by atoms with Gasteiger partial charge in [0.1, 0.15) is 0 Å². The standard InChI is InChI=1S/C16H6F25NO4S/c1-2-42(15(38,39)6(18,19)4(17)3(5(43)44)7(20,21)22)47(45,46)16(40,41)13(33,34)11(29,30)9(25,26)8(23,24)10(27,28)12(31,32)14(35,36)37/h2H2,1H3,(H,43,44). The fourth-order valence-corrected chi connectivity index (χ4v) is 4.24. The van der Waals surface area contributed by atoms with Gasteiger partial charge in [-0.25, -0.2) is 17.6 Å². The van der Waals surface area contributed by atoms with Crippen molar-refractivity contribution >= 4 is 16.0 Å². The first-order chi connectivity index (χ1) is 19.9. The monoisotopic (exact) mass is 783 g/mol. The first-order valence-electron chi connectivity index (χ1n) is 10.1. The second kappa shape index (κ2) is 11.5. The molecular formula is C16H6F25NO4S. The van der Waals surface area contributed by atoms with Gasteiger partial charge in [0.25, 0.3) is 10.0 Å². The highest BCUT2D eigenvalue weighted by atomic mass is 32.2. The zero-order valence-corrected chi connectivity index (χ0v) is 21.5. The van der Waals surface area contributed by atoms with Crippen LogP contribution in [0.5, 0.6) is 0 Å². The average Bonchev–Trinajstić information content (AvgIpc) is 2.81. The van der Waals surface area contributed by atoms with E-state index in [9.17, 15) is 123 Å². The molecule has 0 aliphatic rings. The molecule has 0 saturated heterocycles. The third-order valence-corrected chi connectivity index (χ3v) is 7.25. The van der Waals surface area contributed by atoms with Crippen LogP contribution in [0.15, 0.2) is 11.4 Å². The SMILES string of the molecule is CCN(C(F)(F)C(F)(F)C(F)=C(C(=O)O)C(F)(F)F)S(=O)(=O)C(F)(F)C(F)(F)C(F)(F)C(F)(F)C(F)(F)C(F)(F)C(F)(F)C(F)(F)F. The summed E-state index contributed by atoms with van der Waals surface area (Å²) < 4.78 is 355. The van der Waals surface area contributed by atoms with E-state index in [1.54, 1.807) is 0 Å². The minimum absolute atomic E-state index is 0.583. The lowest BCUT2D eigenvalue weighted by molar-refractivity contribution is -0.458. The van der Waals surface area contributed by atoms with Crippen molar-refractivity contribution in [2.75, 3.05) is 6.54 Å². The Labute approximate surface area is 239 Å². The zero-order chi connectivity index (χ0) is 39.0. The summed E-state index contributed by atoms with van der Waals surface area (Å²) in [6.45, 7) is -3.73. The van der Waals surface area contributed by atoms with Gasteiger partial charge in [-0.15, -0.1) is 4.31 Å². The summed E-state index contributed by atoms with van der Waals surface area (Å²) >= 11 is 0. The summed E-state index contributed by atoms with van der Waals surface area (Å²) in [5.74, 6) is -72.2. The van der Waals surface area contributed by atoms with Crippen molar-refractivity contribution in [2.45, 2.75) is 72.0 Å². The maximum absolute atomic E-state index is 14.3. The Balaban J connectivity index is 7.66. The molecule has 0 aromatic carbocycles. The van der Waals surface area contributed by atoms with Gasteiger partial charge in [0.05, 0.1) is 0 Å². The van der Waals surface area contributed by atoms with E-state index >= 15 is 0 Å². The fraction of sp³-hybridized carbons (Fsp3) is 0.812. The highest BCUT2D eigenvalue weighted by Crippen LogP contribution is 2.65. The van der Waals surface area contributed by atoms with Crippen molar-refractivity contribution in [3.63, 3.8) is 0 Å². The largest absolute Gasteiger partial charge is 0.478 e. The molecule has 0 aliphatic heterocycles. The Bertz CT molecular complexity index is 1340. The number of hydrogen-bond donors (Lipinski definition) is 1. The first-order valence-corrected chi connectivity index (χ1v) is 11.6. The van der Waals surface area contributed by atoms with E-state index in [1.807, 2.05) is 0 Å². The van der Waals surface area contributed by atoms with E-state index < -0.39 is 110 Å². The van der Waals surface area contributed by atoms with Crippen LogP contribution in [0.25, 0.3) is 0 Å². The molecule has 0 spiro atoms. The fourth-order valence-electron chi connectivity index (χ4n) is 2.75. The molecule has 31 heteroatoms. The molecule has 5 nitrogen and oxygen atoms in total. The molecule has 47 heavy (non-hydrogen) atoms. The number of carbonyl (C=O) groups is 1. The van der Waals surface area contributed by atoms with Crippen LogP contribution in [0.4, 0.5) is 110 Å². The Morgan fingerprint density at radius 3 is 1.13 bits per heavy atom. The Hall–Kier alpha value is -2.63. The number of rotatable bonds is 13. The van der Waals surface area contributed by atoms with Crippen molar-refractivity contribution < 1.29 is 128 Å². The molecule has 0 aromatic heterocycles. The van der Waals surface area contributed by atoms with E-state index in [0.29, 0.717) is 0 Å². The molecule has 0 amide bonds. The maximum atomic E-state index is 14.3. The van der Waals surface area contributed by atoms with Gasteiger partial charge in [-0.1, -0.05) is 6.92 Å². The predicted octanol–water partition coefficient (Wildman–Crippen LogP) is 7.70. The molecule has 0 heterocycles. The number of carboxylic acids is 1. The second-order valence-corrected chi connectivity index (χ2v) is 10.1. The second-order valence-electron chi connectivity index (χ2n) is 8.24. The zero-order valence-electron chi connectivity index (χ0n) is 20.7. The Kier molecular flexibility index (Phi) is 10.8. The van der Waals surface area contributed by atoms with E-state index in [0.717, 1.165) is 0 Å². The van der Waals surface area contributed by atoms with Crippen LogP contribution < -0.4 is 0 Å². The lowest BCUT2D eigenvalue weighted by Crippen LogP contribution is -2.75. The number of aliphatic carboxylic acids is 1. The first kappa shape index (κ1) is 44.4. The lowest BCUT2D eigenvalue weighted by Gasteiger charge is -2.43. The Morgan fingerprint density at radius 1 is 0.574 bits per heavy atom. The quantitative estimate of drug-likeness (QED) is 0.118. The molecule has 0 unspecified atom stereocenters. The topological polar surface area (TPSA) is 74.7 Å². The van der Waals surface area contributed by atoms with Crippen LogP contribution in [0.1, 0.15) is 6.92 Å². The third kappa shape index (κ3) is 5.88. The van der Waals surface area contributed by atoms with Gasteiger partial charge in [0.2, 0.25) is 0 Å². The lowest BCUT2D eigenvalue weighted by atomic mass is 9.91. The third-order valence-electron chi connectivity index (χ3n) is 5.28. The normalized spacial score (nSPS) is 16.8. The summed E-state index contributed by atoms with van der Waals surface area (Å²) in [4.78, 5) is 10.4. The smallest absolute Gasteiger partial charge is 0.460 e. The van der Waals surface area contributed by atoms with Gasteiger partial charge < -0.3 is 5.11 Å². The predicted molar refractivity (Wildman–Crippen MR) is 93.7 cm³/mol. The molecule has 1 N–H and O–H groups in total. The number of sulfonamides is 1. The molecule has 0 atom stereocenters. The average molecular weight is 783 g/mol. The van der Waals surface area contributed by atoms with Gasteiger partial charge >= 0.3 is 71.1 Å². The van der Waals surface area contributed by atoms with Crippen LogP contribution >= 0.6 is 0 Å². The maximum Gasteiger partial charge on any atom is 0.460 e. The van der Waals surface area contributed by atoms with Gasteiger partial charge in [-0.2, -0.15) is 105 Å². The van der Waals surface area contributed by atoms with Crippen molar-refractivity contribution in [3.8, 4) is 0 Å². The van der Waals surface area contributed by atoms with Crippen LogP contribution in [-0.4, -0.2) is 95.5 Å². The molecule has 0 fully saturated rings. The molecule has 0 bridgehead atoms. The number of hydrogen-bond acceptors (Lipinski definition) is 3. The van der Waals surface area contributed by atoms with Crippen LogP contribution in [-0.2, 0) is 14.8 Å². The summed E-state index contributed by atoms with van der Waals surface area (Å²) in [6, 6.07) is -7.89. The molecular weight excluding hydrogens is 777 g/mol. The van der Waals surface area contributed by atoms with Crippen LogP contribution in [0, 0.1) is 0 Å². The molecule has 0 radical (unpaired) electrons. The molecule has 0 saturated carbocycles. The van der Waals surface area contributed by atoms with Crippen molar-refractivity contribution in [1.82, 2.24) is 4.31 Å².